The molecule has 0 rings (SSSR count). The molecule has 0 spiro atoms. The van der Waals surface area contributed by atoms with Gasteiger partial charge in [-0.25, -0.2) is 0 Å². The lowest BCUT2D eigenvalue weighted by molar-refractivity contribution is -0.109. The summed E-state index contributed by atoms with van der Waals surface area (Å²) in [5.41, 5.74) is 0. The second-order valence-corrected chi connectivity index (χ2v) is 3.86. The summed E-state index contributed by atoms with van der Waals surface area (Å²) in [6.45, 7) is 5.56. The van der Waals surface area contributed by atoms with Gasteiger partial charge in [-0.1, -0.05) is 69.1 Å². The summed E-state index contributed by atoms with van der Waals surface area (Å²) in [5, 5.41) is 0. The Morgan fingerprint density at radius 1 is 1.11 bits per heavy atom. The van der Waals surface area contributed by atoms with Crippen LogP contribution < -0.4 is 0 Å². The third kappa shape index (κ3) is 12.3. The molecule has 0 aromatic rings. The lowest BCUT2D eigenvalue weighted by Gasteiger charge is -1.92. The summed E-state index contributed by atoms with van der Waals surface area (Å²) in [7, 11) is 0. The van der Waals surface area contributed by atoms with E-state index < -0.39 is 0 Å². The number of hydrogen-bond donors (Lipinski definition) is 0. The highest BCUT2D eigenvalue weighted by Gasteiger charge is 1.83. The Hall–Kier alpha value is -1.81. The van der Waals surface area contributed by atoms with Crippen molar-refractivity contribution in [3.05, 3.63) is 49.1 Å². The lowest BCUT2D eigenvalue weighted by Crippen LogP contribution is -1.81. The molecule has 0 atom stereocenters. The summed E-state index contributed by atoms with van der Waals surface area (Å²) >= 11 is 0. The van der Waals surface area contributed by atoms with Crippen molar-refractivity contribution in [2.24, 2.45) is 0 Å². The van der Waals surface area contributed by atoms with Gasteiger partial charge in [0.1, 0.15) is 0 Å². The number of allylic oxidation sites excluding steroid dienone is 7. The van der Waals surface area contributed by atoms with Gasteiger partial charge in [0, 0.05) is 0 Å². The van der Waals surface area contributed by atoms with E-state index in [0.717, 1.165) is 6.42 Å². The van der Waals surface area contributed by atoms with E-state index in [4.69, 9.17) is 0 Å². The minimum atomic E-state index is -0.254. The molecule has 0 aliphatic heterocycles. The van der Waals surface area contributed by atoms with E-state index in [1.165, 1.54) is 31.8 Å². The summed E-state index contributed by atoms with van der Waals surface area (Å²) in [6, 6.07) is 0. The van der Waals surface area contributed by atoms with Gasteiger partial charge in [-0.2, -0.15) is 0 Å². The Kier molecular flexibility index (Phi) is 11.9. The fraction of sp³-hybridized carbons (Fsp3) is 0.353. The Balaban J connectivity index is 3.66. The quantitative estimate of drug-likeness (QED) is 0.203. The van der Waals surface area contributed by atoms with Gasteiger partial charge in [0.15, 0.2) is 0 Å². The van der Waals surface area contributed by atoms with Crippen LogP contribution in [0.2, 0.25) is 0 Å². The van der Waals surface area contributed by atoms with Crippen LogP contribution in [0.3, 0.4) is 0 Å². The number of unbranched alkanes of at least 4 members (excludes halogenated alkanes) is 4. The lowest BCUT2D eigenvalue weighted by atomic mass is 10.1. The molecule has 0 heterocycles. The molecule has 0 amide bonds. The zero-order valence-corrected chi connectivity index (χ0v) is 11.2. The summed E-state index contributed by atoms with van der Waals surface area (Å²) < 4.78 is 0. The Morgan fingerprint density at radius 3 is 2.61 bits per heavy atom. The van der Waals surface area contributed by atoms with Gasteiger partial charge < -0.3 is 0 Å². The smallest absolute Gasteiger partial charge is 0.228 e. The average molecular weight is 242 g/mol. The van der Waals surface area contributed by atoms with Crippen molar-refractivity contribution >= 4 is 5.78 Å². The maximum Gasteiger partial charge on any atom is 0.228 e. The first-order valence-electron chi connectivity index (χ1n) is 6.47. The highest BCUT2D eigenvalue weighted by atomic mass is 16.1. The second kappa shape index (κ2) is 13.3. The minimum absolute atomic E-state index is 0.254. The third-order valence-electron chi connectivity index (χ3n) is 2.25. The van der Waals surface area contributed by atoms with Crippen LogP contribution >= 0.6 is 0 Å². The van der Waals surface area contributed by atoms with E-state index in [9.17, 15) is 4.79 Å². The second-order valence-electron chi connectivity index (χ2n) is 3.86. The Labute approximate surface area is 111 Å². The fourth-order valence-corrected chi connectivity index (χ4v) is 1.26. The van der Waals surface area contributed by atoms with Gasteiger partial charge in [0.25, 0.3) is 0 Å². The molecule has 0 fully saturated rings. The molecule has 0 aliphatic rings. The van der Waals surface area contributed by atoms with E-state index in [0.29, 0.717) is 0 Å². The van der Waals surface area contributed by atoms with Crippen LogP contribution in [-0.4, -0.2) is 5.78 Å². The van der Waals surface area contributed by atoms with Crippen molar-refractivity contribution in [3.8, 4) is 11.8 Å². The molecule has 0 aliphatic carbocycles. The molecule has 1 nitrogen and oxygen atoms in total. The largest absolute Gasteiger partial charge is 0.280 e. The zero-order valence-electron chi connectivity index (χ0n) is 11.2. The fourth-order valence-electron chi connectivity index (χ4n) is 1.26. The molecule has 0 saturated heterocycles. The van der Waals surface area contributed by atoms with Crippen molar-refractivity contribution < 1.29 is 4.79 Å². The minimum Gasteiger partial charge on any atom is -0.280 e. The predicted octanol–water partition coefficient (Wildman–Crippen LogP) is 4.38. The van der Waals surface area contributed by atoms with Crippen LogP contribution in [0.1, 0.15) is 39.0 Å². The topological polar surface area (TPSA) is 17.1 Å². The van der Waals surface area contributed by atoms with Crippen molar-refractivity contribution in [2.75, 3.05) is 0 Å². The van der Waals surface area contributed by atoms with Crippen LogP contribution in [0, 0.1) is 11.8 Å². The molecule has 0 N–H and O–H groups in total. The normalized spacial score (nSPS) is 10.9. The summed E-state index contributed by atoms with van der Waals surface area (Å²) in [5.74, 6) is 4.80. The van der Waals surface area contributed by atoms with Crippen LogP contribution in [0.5, 0.6) is 0 Å². The maximum absolute atomic E-state index is 10.7. The maximum atomic E-state index is 10.7. The van der Waals surface area contributed by atoms with Gasteiger partial charge in [0.2, 0.25) is 5.78 Å². The predicted molar refractivity (Wildman–Crippen MR) is 79.2 cm³/mol. The van der Waals surface area contributed by atoms with Gasteiger partial charge in [0.05, 0.1) is 0 Å². The molecule has 96 valence electrons. The van der Waals surface area contributed by atoms with E-state index in [1.54, 1.807) is 6.08 Å². The van der Waals surface area contributed by atoms with Crippen molar-refractivity contribution in [2.45, 2.75) is 39.0 Å². The molecule has 0 radical (unpaired) electrons. The monoisotopic (exact) mass is 242 g/mol. The van der Waals surface area contributed by atoms with E-state index in [2.05, 4.69) is 31.4 Å². The van der Waals surface area contributed by atoms with Crippen LogP contribution in [0.25, 0.3) is 0 Å². The first-order chi connectivity index (χ1) is 8.81. The van der Waals surface area contributed by atoms with E-state index in [1.807, 2.05) is 24.3 Å². The molecule has 0 bridgehead atoms. The SMILES string of the molecule is C=CC(=O)C#C/C=C/C=C/C=C/CCCCCC. The number of carbonyl (C=O) groups is 1. The molecule has 0 unspecified atom stereocenters. The highest BCUT2D eigenvalue weighted by Crippen LogP contribution is 2.02. The standard InChI is InChI=1S/C17H22O/c1-3-5-6-7-8-9-10-11-12-13-14-15-16-17(18)4-2/h4,9-14H,2-3,5-8H2,1H3/b10-9+,12-11+,14-13+. The van der Waals surface area contributed by atoms with Crippen LogP contribution in [0.4, 0.5) is 0 Å². The van der Waals surface area contributed by atoms with Gasteiger partial charge in [-0.05, 0) is 30.9 Å². The third-order valence-corrected chi connectivity index (χ3v) is 2.25. The molecule has 0 saturated carbocycles. The first kappa shape index (κ1) is 16.2. The Bertz CT molecular complexity index is 372. The number of hydrogen-bond acceptors (Lipinski definition) is 1. The van der Waals surface area contributed by atoms with Crippen molar-refractivity contribution in [1.82, 2.24) is 0 Å². The number of carbonyl (C=O) groups excluding carboxylic acids is 1. The number of rotatable bonds is 8. The van der Waals surface area contributed by atoms with Crippen molar-refractivity contribution in [3.63, 3.8) is 0 Å². The summed E-state index contributed by atoms with van der Waals surface area (Å²) in [6.07, 6.45) is 19.1. The highest BCUT2D eigenvalue weighted by molar-refractivity contribution is 6.03. The first-order valence-corrected chi connectivity index (χ1v) is 6.47. The molecular weight excluding hydrogens is 220 g/mol. The van der Waals surface area contributed by atoms with Gasteiger partial charge in [-0.3, -0.25) is 4.79 Å². The summed E-state index contributed by atoms with van der Waals surface area (Å²) in [4.78, 5) is 10.7. The Morgan fingerprint density at radius 2 is 1.89 bits per heavy atom. The van der Waals surface area contributed by atoms with E-state index in [-0.39, 0.29) is 5.78 Å². The molecular formula is C17H22O. The van der Waals surface area contributed by atoms with Crippen LogP contribution in [0.15, 0.2) is 49.1 Å². The molecule has 0 aromatic carbocycles. The number of ketones is 1. The van der Waals surface area contributed by atoms with Gasteiger partial charge in [-0.15, -0.1) is 0 Å². The molecule has 1 heteroatoms. The molecule has 0 aromatic heterocycles. The van der Waals surface area contributed by atoms with Crippen LogP contribution in [-0.2, 0) is 4.79 Å². The van der Waals surface area contributed by atoms with Crippen molar-refractivity contribution in [1.29, 1.82) is 0 Å². The zero-order chi connectivity index (χ0) is 13.5. The van der Waals surface area contributed by atoms with Gasteiger partial charge >= 0.3 is 0 Å². The molecule has 18 heavy (non-hydrogen) atoms. The average Bonchev–Trinajstić information content (AvgIpc) is 2.39. The van der Waals surface area contributed by atoms with E-state index >= 15 is 0 Å².